The van der Waals surface area contributed by atoms with Crippen molar-refractivity contribution in [2.75, 3.05) is 5.32 Å². The van der Waals surface area contributed by atoms with Crippen LogP contribution >= 0.6 is 0 Å². The molecular formula is C22H19FN4O. The van der Waals surface area contributed by atoms with Crippen LogP contribution in [0.1, 0.15) is 41.5 Å². The number of hydrogen-bond acceptors (Lipinski definition) is 4. The minimum atomic E-state index is -0.389. The molecule has 6 heteroatoms. The van der Waals surface area contributed by atoms with E-state index < -0.39 is 0 Å². The monoisotopic (exact) mass is 374 g/mol. The van der Waals surface area contributed by atoms with Gasteiger partial charge in [0.1, 0.15) is 18.2 Å². The van der Waals surface area contributed by atoms with Crippen molar-refractivity contribution in [2.24, 2.45) is 0 Å². The third-order valence-corrected chi connectivity index (χ3v) is 5.68. The summed E-state index contributed by atoms with van der Waals surface area (Å²) in [4.78, 5) is 17.6. The van der Waals surface area contributed by atoms with Gasteiger partial charge in [-0.15, -0.1) is 0 Å². The quantitative estimate of drug-likeness (QED) is 0.732. The summed E-state index contributed by atoms with van der Waals surface area (Å²) < 4.78 is 15.2. The predicted octanol–water partition coefficient (Wildman–Crippen LogP) is 4.14. The lowest BCUT2D eigenvalue weighted by atomic mass is 9.77. The molecule has 2 atom stereocenters. The Morgan fingerprint density at radius 3 is 2.68 bits per heavy atom. The number of nitrogens with zero attached hydrogens (tertiary/aromatic N) is 3. The third-order valence-electron chi connectivity index (χ3n) is 5.68. The average molecular weight is 374 g/mol. The van der Waals surface area contributed by atoms with Gasteiger partial charge in [0.25, 0.3) is 0 Å². The highest BCUT2D eigenvalue weighted by Crippen LogP contribution is 2.44. The summed E-state index contributed by atoms with van der Waals surface area (Å²) >= 11 is 0. The highest BCUT2D eigenvalue weighted by Gasteiger charge is 2.39. The fourth-order valence-corrected chi connectivity index (χ4v) is 4.37. The van der Waals surface area contributed by atoms with Crippen LogP contribution in [0.4, 0.5) is 10.3 Å². The van der Waals surface area contributed by atoms with Crippen molar-refractivity contribution in [2.45, 2.75) is 31.7 Å². The van der Waals surface area contributed by atoms with Crippen LogP contribution in [0.15, 0.2) is 66.1 Å². The van der Waals surface area contributed by atoms with Gasteiger partial charge in [-0.3, -0.25) is 4.79 Å². The van der Waals surface area contributed by atoms with E-state index in [0.29, 0.717) is 17.9 Å². The maximum absolute atomic E-state index is 13.5. The van der Waals surface area contributed by atoms with Crippen LogP contribution in [-0.4, -0.2) is 20.5 Å². The second-order valence-electron chi connectivity index (χ2n) is 7.38. The number of allylic oxidation sites excluding steroid dienone is 2. The minimum absolute atomic E-state index is 0.0949. The van der Waals surface area contributed by atoms with Crippen molar-refractivity contribution >= 4 is 11.7 Å². The molecule has 28 heavy (non-hydrogen) atoms. The predicted molar refractivity (Wildman–Crippen MR) is 103 cm³/mol. The van der Waals surface area contributed by atoms with Gasteiger partial charge >= 0.3 is 0 Å². The van der Waals surface area contributed by atoms with E-state index in [4.69, 9.17) is 0 Å². The van der Waals surface area contributed by atoms with Gasteiger partial charge in [0.05, 0.1) is 0 Å². The Kier molecular flexibility index (Phi) is 3.86. The van der Waals surface area contributed by atoms with Gasteiger partial charge in [-0.25, -0.2) is 9.07 Å². The molecule has 0 fully saturated rings. The van der Waals surface area contributed by atoms with Crippen molar-refractivity contribution in [1.82, 2.24) is 14.8 Å². The molecular weight excluding hydrogens is 355 g/mol. The van der Waals surface area contributed by atoms with E-state index in [1.165, 1.54) is 29.6 Å². The molecule has 2 aliphatic rings. The van der Waals surface area contributed by atoms with Crippen molar-refractivity contribution in [1.29, 1.82) is 0 Å². The van der Waals surface area contributed by atoms with Gasteiger partial charge in [-0.05, 0) is 48.1 Å². The molecule has 0 radical (unpaired) electrons. The molecule has 0 saturated heterocycles. The summed E-state index contributed by atoms with van der Waals surface area (Å²) in [5.41, 5.74) is 4.81. The molecule has 5 rings (SSSR count). The SMILES string of the molecule is Cc1ccccc1C1CC(=O)C2=C(C1)Nc1ncnn1C2c1ccc(F)cc1. The van der Waals surface area contributed by atoms with Crippen molar-refractivity contribution < 1.29 is 9.18 Å². The largest absolute Gasteiger partial charge is 0.328 e. The summed E-state index contributed by atoms with van der Waals surface area (Å²) in [5, 5.41) is 7.63. The maximum atomic E-state index is 13.5. The minimum Gasteiger partial charge on any atom is -0.328 e. The van der Waals surface area contributed by atoms with E-state index >= 15 is 0 Å². The van der Waals surface area contributed by atoms with Crippen molar-refractivity contribution in [3.8, 4) is 0 Å². The van der Waals surface area contributed by atoms with Crippen molar-refractivity contribution in [3.05, 3.63) is 88.6 Å². The van der Waals surface area contributed by atoms with Crippen molar-refractivity contribution in [3.63, 3.8) is 0 Å². The summed E-state index contributed by atoms with van der Waals surface area (Å²) in [6, 6.07) is 14.1. The summed E-state index contributed by atoms with van der Waals surface area (Å²) in [6.45, 7) is 2.08. The molecule has 0 amide bonds. The number of aryl methyl sites for hydroxylation is 1. The molecule has 140 valence electrons. The Bertz CT molecular complexity index is 1100. The molecule has 2 aromatic carbocycles. The molecule has 1 aliphatic carbocycles. The number of ketones is 1. The number of nitrogens with one attached hydrogen (secondary N) is 1. The van der Waals surface area contributed by atoms with Crippen LogP contribution in [0.25, 0.3) is 0 Å². The number of carbonyl (C=O) groups is 1. The highest BCUT2D eigenvalue weighted by molar-refractivity contribution is 6.00. The van der Waals surface area contributed by atoms with Crippen LogP contribution in [0.5, 0.6) is 0 Å². The molecule has 0 bridgehead atoms. The summed E-state index contributed by atoms with van der Waals surface area (Å²) in [5.74, 6) is 0.521. The molecule has 5 nitrogen and oxygen atoms in total. The van der Waals surface area contributed by atoms with Crippen LogP contribution in [-0.2, 0) is 4.79 Å². The maximum Gasteiger partial charge on any atom is 0.226 e. The molecule has 3 aromatic rings. The number of rotatable bonds is 2. The van der Waals surface area contributed by atoms with Crippen LogP contribution in [0, 0.1) is 12.7 Å². The Morgan fingerprint density at radius 1 is 1.11 bits per heavy atom. The number of anilines is 1. The van der Waals surface area contributed by atoms with Gasteiger partial charge in [0, 0.05) is 17.7 Å². The van der Waals surface area contributed by atoms with Crippen LogP contribution in [0.2, 0.25) is 0 Å². The topological polar surface area (TPSA) is 59.8 Å². The smallest absolute Gasteiger partial charge is 0.226 e. The first-order valence-corrected chi connectivity index (χ1v) is 9.35. The van der Waals surface area contributed by atoms with Gasteiger partial charge in [0.15, 0.2) is 5.78 Å². The molecule has 2 heterocycles. The lowest BCUT2D eigenvalue weighted by Crippen LogP contribution is -2.33. The van der Waals surface area contributed by atoms with Crippen LogP contribution < -0.4 is 5.32 Å². The zero-order valence-electron chi connectivity index (χ0n) is 15.4. The Hall–Kier alpha value is -3.28. The average Bonchev–Trinajstić information content (AvgIpc) is 3.15. The van der Waals surface area contributed by atoms with Gasteiger partial charge in [-0.1, -0.05) is 36.4 Å². The third kappa shape index (κ3) is 2.64. The summed E-state index contributed by atoms with van der Waals surface area (Å²) in [7, 11) is 0. The standard InChI is InChI=1S/C22H19FN4O/c1-13-4-2-3-5-17(13)15-10-18-20(19(28)11-15)21(14-6-8-16(23)9-7-14)27-22(26-18)24-12-25-27/h2-9,12,15,21H,10-11H2,1H3,(H,24,25,26). The second kappa shape index (κ2) is 6.41. The number of Topliss-reactive ketones (excluding diaryl/α,β-unsaturated/α-hetero) is 1. The number of fused-ring (bicyclic) bond motifs is 1. The first-order valence-electron chi connectivity index (χ1n) is 9.35. The molecule has 1 aromatic heterocycles. The van der Waals surface area contributed by atoms with E-state index in [-0.39, 0.29) is 23.6 Å². The molecule has 0 saturated carbocycles. The molecule has 1 aliphatic heterocycles. The normalized spacial score (nSPS) is 21.1. The van der Waals surface area contributed by atoms with E-state index in [2.05, 4.69) is 34.5 Å². The van der Waals surface area contributed by atoms with Gasteiger partial charge < -0.3 is 5.32 Å². The lowest BCUT2D eigenvalue weighted by molar-refractivity contribution is -0.116. The zero-order chi connectivity index (χ0) is 19.3. The Labute approximate surface area is 161 Å². The van der Waals surface area contributed by atoms with E-state index in [1.54, 1.807) is 16.8 Å². The number of benzene rings is 2. The van der Waals surface area contributed by atoms with E-state index in [0.717, 1.165) is 17.7 Å². The Morgan fingerprint density at radius 2 is 1.89 bits per heavy atom. The number of hydrogen-bond donors (Lipinski definition) is 1. The van der Waals surface area contributed by atoms with Gasteiger partial charge in [-0.2, -0.15) is 10.1 Å². The first kappa shape index (κ1) is 16.9. The molecule has 2 unspecified atom stereocenters. The van der Waals surface area contributed by atoms with Gasteiger partial charge in [0.2, 0.25) is 5.95 Å². The van der Waals surface area contributed by atoms with E-state index in [9.17, 15) is 9.18 Å². The second-order valence-corrected chi connectivity index (χ2v) is 7.38. The lowest BCUT2D eigenvalue weighted by Gasteiger charge is -2.35. The number of carbonyl (C=O) groups excluding carboxylic acids is 1. The fraction of sp³-hybridized carbons (Fsp3) is 0.227. The Balaban J connectivity index is 1.61. The highest BCUT2D eigenvalue weighted by atomic mass is 19.1. The fourth-order valence-electron chi connectivity index (χ4n) is 4.37. The number of halogens is 1. The van der Waals surface area contributed by atoms with E-state index in [1.807, 2.05) is 12.1 Å². The molecule has 0 spiro atoms. The zero-order valence-corrected chi connectivity index (χ0v) is 15.4. The summed E-state index contributed by atoms with van der Waals surface area (Å²) in [6.07, 6.45) is 2.66. The number of aromatic nitrogens is 3. The van der Waals surface area contributed by atoms with Crippen LogP contribution in [0.3, 0.4) is 0 Å². The first-order chi connectivity index (χ1) is 13.6. The molecule has 1 N–H and O–H groups in total.